The third kappa shape index (κ3) is 7.78. The van der Waals surface area contributed by atoms with E-state index >= 15 is 0 Å². The van der Waals surface area contributed by atoms with Crippen LogP contribution in [0.5, 0.6) is 5.75 Å². The number of oxazole rings is 1. The Morgan fingerprint density at radius 1 is 1.26 bits per heavy atom. The summed E-state index contributed by atoms with van der Waals surface area (Å²) in [5, 5.41) is 0. The van der Waals surface area contributed by atoms with E-state index in [0.29, 0.717) is 17.7 Å². The molecule has 168 valence electrons. The molecule has 1 aromatic heterocycles. The predicted molar refractivity (Wildman–Crippen MR) is 117 cm³/mol. The molecule has 0 saturated carbocycles. The van der Waals surface area contributed by atoms with Crippen LogP contribution in [0.1, 0.15) is 38.1 Å². The second kappa shape index (κ2) is 10.5. The zero-order valence-electron chi connectivity index (χ0n) is 17.7. The molecule has 1 unspecified atom stereocenters. The number of benzene rings is 2. The third-order valence-electron chi connectivity index (χ3n) is 4.20. The lowest BCUT2D eigenvalue weighted by Crippen LogP contribution is -2.40. The summed E-state index contributed by atoms with van der Waals surface area (Å²) in [5.41, 5.74) is 6.96. The van der Waals surface area contributed by atoms with Gasteiger partial charge in [0, 0.05) is 18.6 Å². The lowest BCUT2D eigenvalue weighted by atomic mass is 10.2. The number of ether oxygens (including phenoxy) is 1. The average molecular weight is 451 g/mol. The Bertz CT molecular complexity index is 1120. The zero-order chi connectivity index (χ0) is 23.1. The zero-order valence-corrected chi connectivity index (χ0v) is 18.5. The highest BCUT2D eigenvalue weighted by Gasteiger charge is 2.17. The molecule has 0 aliphatic rings. The maximum atomic E-state index is 12.2. The topological polar surface area (TPSA) is 116 Å². The highest BCUT2D eigenvalue weighted by Crippen LogP contribution is 2.24. The van der Waals surface area contributed by atoms with Crippen molar-refractivity contribution in [2.45, 2.75) is 50.7 Å². The summed E-state index contributed by atoms with van der Waals surface area (Å²) in [4.78, 5) is 4.33. The number of unbranched alkanes of at least 4 members (excludes halogenated alkanes) is 1. The van der Waals surface area contributed by atoms with Crippen molar-refractivity contribution in [3.05, 3.63) is 66.3 Å². The van der Waals surface area contributed by atoms with Crippen molar-refractivity contribution >= 4 is 21.2 Å². The number of halogens is 1. The van der Waals surface area contributed by atoms with Gasteiger partial charge >= 0.3 is 0 Å². The SMILES string of the molecule is CCCCc1nc2ccc(OC(C)(N)C=CF)cc2o1.Cc1ccc(S(=O)(=O)O)cc1. The molecule has 1 atom stereocenters. The molecule has 0 saturated heterocycles. The minimum Gasteiger partial charge on any atom is -0.470 e. The Hall–Kier alpha value is -2.75. The molecule has 0 aliphatic carbocycles. The number of aromatic nitrogens is 1. The minimum absolute atomic E-state index is 0.0666. The summed E-state index contributed by atoms with van der Waals surface area (Å²) < 4.78 is 52.9. The van der Waals surface area contributed by atoms with Crippen molar-refractivity contribution in [1.82, 2.24) is 4.98 Å². The minimum atomic E-state index is -4.02. The highest BCUT2D eigenvalue weighted by molar-refractivity contribution is 7.85. The second-order valence-electron chi connectivity index (χ2n) is 7.21. The molecule has 3 N–H and O–H groups in total. The van der Waals surface area contributed by atoms with Crippen LogP contribution in [0.3, 0.4) is 0 Å². The molecule has 0 spiro atoms. The highest BCUT2D eigenvalue weighted by atomic mass is 32.2. The van der Waals surface area contributed by atoms with Crippen LogP contribution in [0, 0.1) is 6.92 Å². The first-order valence-electron chi connectivity index (χ1n) is 9.73. The van der Waals surface area contributed by atoms with Crippen LogP contribution < -0.4 is 10.5 Å². The first-order valence-corrected chi connectivity index (χ1v) is 11.2. The van der Waals surface area contributed by atoms with Crippen molar-refractivity contribution in [1.29, 1.82) is 0 Å². The molecule has 2 aromatic carbocycles. The Morgan fingerprint density at radius 3 is 2.52 bits per heavy atom. The largest absolute Gasteiger partial charge is 0.470 e. The number of aryl methyl sites for hydroxylation is 2. The fourth-order valence-electron chi connectivity index (χ4n) is 2.57. The number of rotatable bonds is 7. The Morgan fingerprint density at radius 2 is 1.94 bits per heavy atom. The summed E-state index contributed by atoms with van der Waals surface area (Å²) in [6, 6.07) is 11.3. The Labute approximate surface area is 181 Å². The van der Waals surface area contributed by atoms with E-state index in [9.17, 15) is 12.8 Å². The van der Waals surface area contributed by atoms with E-state index in [-0.39, 0.29) is 4.90 Å². The van der Waals surface area contributed by atoms with Gasteiger partial charge in [-0.25, -0.2) is 9.37 Å². The molecule has 3 rings (SSSR count). The van der Waals surface area contributed by atoms with Gasteiger partial charge in [-0.05, 0) is 44.5 Å². The molecular formula is C22H27FN2O5S. The van der Waals surface area contributed by atoms with Crippen LogP contribution in [0.15, 0.2) is 64.2 Å². The van der Waals surface area contributed by atoms with Crippen LogP contribution in [0.25, 0.3) is 11.1 Å². The second-order valence-corrected chi connectivity index (χ2v) is 8.63. The Kier molecular flexibility index (Phi) is 8.32. The van der Waals surface area contributed by atoms with Gasteiger partial charge in [-0.15, -0.1) is 0 Å². The molecule has 1 heterocycles. The summed E-state index contributed by atoms with van der Waals surface area (Å²) >= 11 is 0. The fourth-order valence-corrected chi connectivity index (χ4v) is 3.05. The van der Waals surface area contributed by atoms with Crippen LogP contribution >= 0.6 is 0 Å². The molecule has 9 heteroatoms. The fraction of sp³-hybridized carbons (Fsp3) is 0.318. The van der Waals surface area contributed by atoms with Gasteiger partial charge < -0.3 is 9.15 Å². The molecule has 0 amide bonds. The third-order valence-corrected chi connectivity index (χ3v) is 5.07. The van der Waals surface area contributed by atoms with E-state index in [4.69, 9.17) is 19.4 Å². The van der Waals surface area contributed by atoms with Crippen LogP contribution in [-0.4, -0.2) is 23.7 Å². The van der Waals surface area contributed by atoms with Crippen LogP contribution in [-0.2, 0) is 16.5 Å². The van der Waals surface area contributed by atoms with Gasteiger partial charge in [0.05, 0.1) is 11.2 Å². The van der Waals surface area contributed by atoms with Gasteiger partial charge in [0.1, 0.15) is 11.3 Å². The van der Waals surface area contributed by atoms with E-state index in [1.807, 2.05) is 6.92 Å². The lowest BCUT2D eigenvalue weighted by Gasteiger charge is -2.21. The summed E-state index contributed by atoms with van der Waals surface area (Å²) in [6.45, 7) is 5.53. The van der Waals surface area contributed by atoms with Gasteiger partial charge in [-0.2, -0.15) is 8.42 Å². The molecule has 31 heavy (non-hydrogen) atoms. The molecule has 0 aliphatic heterocycles. The first-order chi connectivity index (χ1) is 14.5. The smallest absolute Gasteiger partial charge is 0.294 e. The molecular weight excluding hydrogens is 423 g/mol. The monoisotopic (exact) mass is 450 g/mol. The summed E-state index contributed by atoms with van der Waals surface area (Å²) in [6.07, 6.45) is 4.47. The normalized spacial score (nSPS) is 13.6. The van der Waals surface area contributed by atoms with E-state index in [2.05, 4.69) is 11.9 Å². The van der Waals surface area contributed by atoms with Gasteiger partial charge in [-0.1, -0.05) is 31.0 Å². The van der Waals surface area contributed by atoms with Crippen LogP contribution in [0.4, 0.5) is 4.39 Å². The Balaban J connectivity index is 0.000000262. The van der Waals surface area contributed by atoms with Crippen LogP contribution in [0.2, 0.25) is 0 Å². The lowest BCUT2D eigenvalue weighted by molar-refractivity contribution is 0.147. The predicted octanol–water partition coefficient (Wildman–Crippen LogP) is 4.95. The number of nitrogens with two attached hydrogens (primary N) is 1. The van der Waals surface area contributed by atoms with Gasteiger partial charge in [0.15, 0.2) is 17.2 Å². The summed E-state index contributed by atoms with van der Waals surface area (Å²) in [5.74, 6) is 1.23. The maximum Gasteiger partial charge on any atom is 0.294 e. The molecule has 7 nitrogen and oxygen atoms in total. The van der Waals surface area contributed by atoms with E-state index in [0.717, 1.165) is 42.3 Å². The summed E-state index contributed by atoms with van der Waals surface area (Å²) in [7, 11) is -4.02. The van der Waals surface area contributed by atoms with E-state index in [1.54, 1.807) is 37.3 Å². The maximum absolute atomic E-state index is 12.2. The van der Waals surface area contributed by atoms with Gasteiger partial charge in [0.25, 0.3) is 10.1 Å². The number of fused-ring (bicyclic) bond motifs is 1. The van der Waals surface area contributed by atoms with Crippen molar-refractivity contribution in [3.63, 3.8) is 0 Å². The van der Waals surface area contributed by atoms with Crippen molar-refractivity contribution in [2.24, 2.45) is 5.73 Å². The molecule has 3 aromatic rings. The van der Waals surface area contributed by atoms with E-state index < -0.39 is 15.8 Å². The van der Waals surface area contributed by atoms with Crippen molar-refractivity contribution in [3.8, 4) is 5.75 Å². The van der Waals surface area contributed by atoms with Crippen molar-refractivity contribution < 1.29 is 26.5 Å². The first kappa shape index (κ1) is 24.5. The number of hydrogen-bond acceptors (Lipinski definition) is 6. The van der Waals surface area contributed by atoms with Crippen molar-refractivity contribution in [2.75, 3.05) is 0 Å². The standard InChI is InChI=1S/C15H19FN2O2.C7H8O3S/c1-3-4-5-14-18-12-7-6-11(10-13(12)19-14)20-15(2,17)8-9-16;1-6-2-4-7(5-3-6)11(8,9)10/h6-10H,3-5,17H2,1-2H3;2-5H,1H3,(H,8,9,10). The van der Waals surface area contributed by atoms with Gasteiger partial charge in [-0.3, -0.25) is 10.3 Å². The molecule has 0 radical (unpaired) electrons. The van der Waals surface area contributed by atoms with Gasteiger partial charge in [0.2, 0.25) is 0 Å². The van der Waals surface area contributed by atoms with E-state index in [1.165, 1.54) is 12.1 Å². The quantitative estimate of drug-likeness (QED) is 0.386. The number of nitrogens with zero attached hydrogens (tertiary/aromatic N) is 1. The number of hydrogen-bond donors (Lipinski definition) is 2. The molecule has 0 fully saturated rings. The average Bonchev–Trinajstić information content (AvgIpc) is 3.08. The molecule has 0 bridgehead atoms.